The summed E-state index contributed by atoms with van der Waals surface area (Å²) in [6.07, 6.45) is 2.71. The van der Waals surface area contributed by atoms with Crippen LogP contribution in [0.5, 0.6) is 0 Å². The first kappa shape index (κ1) is 10.8. The van der Waals surface area contributed by atoms with Crippen molar-refractivity contribution in [3.8, 4) is 0 Å². The Kier molecular flexibility index (Phi) is 2.14. The Morgan fingerprint density at radius 1 is 1.29 bits per heavy atom. The summed E-state index contributed by atoms with van der Waals surface area (Å²) < 4.78 is 2.24. The van der Waals surface area contributed by atoms with Gasteiger partial charge in [-0.2, -0.15) is 0 Å². The average Bonchev–Trinajstić information content (AvgIpc) is 2.99. The standard InChI is InChI=1S/C15H19NO/c1-10-11(2)16(3)14-8-12(4-5-13(10)14)9-15(17)6-7-15/h4-5,8,17H,6-7,9H2,1-3H3. The summed E-state index contributed by atoms with van der Waals surface area (Å²) in [7, 11) is 2.11. The first-order valence-corrected chi connectivity index (χ1v) is 6.27. The van der Waals surface area contributed by atoms with Gasteiger partial charge < -0.3 is 9.67 Å². The van der Waals surface area contributed by atoms with Crippen molar-refractivity contribution in [2.75, 3.05) is 0 Å². The molecule has 0 unspecified atom stereocenters. The van der Waals surface area contributed by atoms with Gasteiger partial charge in [0.25, 0.3) is 0 Å². The number of aliphatic hydroxyl groups is 1. The third-order valence-electron chi connectivity index (χ3n) is 4.23. The lowest BCUT2D eigenvalue weighted by Crippen LogP contribution is -2.10. The van der Waals surface area contributed by atoms with E-state index < -0.39 is 5.60 Å². The Hall–Kier alpha value is -1.28. The molecule has 0 radical (unpaired) electrons. The van der Waals surface area contributed by atoms with E-state index in [9.17, 15) is 5.11 Å². The lowest BCUT2D eigenvalue weighted by atomic mass is 10.0. The highest BCUT2D eigenvalue weighted by atomic mass is 16.3. The molecule has 17 heavy (non-hydrogen) atoms. The molecule has 0 amide bonds. The first-order valence-electron chi connectivity index (χ1n) is 6.27. The molecule has 0 atom stereocenters. The second kappa shape index (κ2) is 3.36. The molecule has 1 N–H and O–H groups in total. The van der Waals surface area contributed by atoms with E-state index in [0.29, 0.717) is 0 Å². The van der Waals surface area contributed by atoms with Crippen molar-refractivity contribution in [2.45, 2.75) is 38.7 Å². The number of aryl methyl sites for hydroxylation is 2. The summed E-state index contributed by atoms with van der Waals surface area (Å²) in [5, 5.41) is 11.3. The molecule has 1 aromatic heterocycles. The summed E-state index contributed by atoms with van der Waals surface area (Å²) in [5.41, 5.74) is 4.81. The molecule has 0 saturated heterocycles. The van der Waals surface area contributed by atoms with Crippen LogP contribution in [0.4, 0.5) is 0 Å². The van der Waals surface area contributed by atoms with Crippen molar-refractivity contribution in [3.63, 3.8) is 0 Å². The topological polar surface area (TPSA) is 25.2 Å². The first-order chi connectivity index (χ1) is 8.00. The normalized spacial score (nSPS) is 17.6. The Labute approximate surface area is 102 Å². The van der Waals surface area contributed by atoms with Gasteiger partial charge in [-0.25, -0.2) is 0 Å². The average molecular weight is 229 g/mol. The number of rotatable bonds is 2. The van der Waals surface area contributed by atoms with Crippen LogP contribution in [0, 0.1) is 13.8 Å². The second-order valence-corrected chi connectivity index (χ2v) is 5.52. The molecular formula is C15H19NO. The number of hydrogen-bond acceptors (Lipinski definition) is 1. The molecule has 0 aliphatic heterocycles. The Bertz CT molecular complexity index is 590. The zero-order chi connectivity index (χ0) is 12.2. The zero-order valence-corrected chi connectivity index (χ0v) is 10.7. The van der Waals surface area contributed by atoms with Gasteiger partial charge in [0.2, 0.25) is 0 Å². The quantitative estimate of drug-likeness (QED) is 0.841. The van der Waals surface area contributed by atoms with Crippen molar-refractivity contribution in [1.82, 2.24) is 4.57 Å². The maximum atomic E-state index is 9.98. The van der Waals surface area contributed by atoms with E-state index in [2.05, 4.69) is 43.7 Å². The number of benzene rings is 1. The van der Waals surface area contributed by atoms with E-state index >= 15 is 0 Å². The van der Waals surface area contributed by atoms with E-state index in [1.807, 2.05) is 0 Å². The molecule has 3 rings (SSSR count). The molecule has 2 aromatic rings. The minimum atomic E-state index is -0.400. The molecule has 1 aliphatic carbocycles. The maximum absolute atomic E-state index is 9.98. The van der Waals surface area contributed by atoms with E-state index in [-0.39, 0.29) is 0 Å². The molecule has 1 aliphatic rings. The predicted molar refractivity (Wildman–Crippen MR) is 70.3 cm³/mol. The van der Waals surface area contributed by atoms with Crippen molar-refractivity contribution in [3.05, 3.63) is 35.0 Å². The van der Waals surface area contributed by atoms with Crippen LogP contribution in [0.2, 0.25) is 0 Å². The zero-order valence-electron chi connectivity index (χ0n) is 10.7. The van der Waals surface area contributed by atoms with Crippen LogP contribution >= 0.6 is 0 Å². The fourth-order valence-electron chi connectivity index (χ4n) is 2.61. The number of fused-ring (bicyclic) bond motifs is 1. The highest BCUT2D eigenvalue weighted by Gasteiger charge is 2.40. The lowest BCUT2D eigenvalue weighted by Gasteiger charge is -2.08. The van der Waals surface area contributed by atoms with E-state index in [0.717, 1.165) is 19.3 Å². The second-order valence-electron chi connectivity index (χ2n) is 5.52. The molecule has 0 spiro atoms. The van der Waals surface area contributed by atoms with E-state index in [1.54, 1.807) is 0 Å². The van der Waals surface area contributed by atoms with Gasteiger partial charge in [0, 0.05) is 30.1 Å². The maximum Gasteiger partial charge on any atom is 0.0690 e. The fraction of sp³-hybridized carbons (Fsp3) is 0.467. The van der Waals surface area contributed by atoms with Crippen LogP contribution in [-0.2, 0) is 13.5 Å². The highest BCUT2D eigenvalue weighted by molar-refractivity contribution is 5.85. The lowest BCUT2D eigenvalue weighted by molar-refractivity contribution is 0.151. The number of aromatic nitrogens is 1. The summed E-state index contributed by atoms with van der Waals surface area (Å²) >= 11 is 0. The van der Waals surface area contributed by atoms with Gasteiger partial charge in [-0.3, -0.25) is 0 Å². The minimum absolute atomic E-state index is 0.400. The third kappa shape index (κ3) is 1.67. The molecule has 0 bridgehead atoms. The summed E-state index contributed by atoms with van der Waals surface area (Å²) in [4.78, 5) is 0. The summed E-state index contributed by atoms with van der Waals surface area (Å²) in [6, 6.07) is 6.58. The van der Waals surface area contributed by atoms with Gasteiger partial charge >= 0.3 is 0 Å². The van der Waals surface area contributed by atoms with Crippen molar-refractivity contribution in [2.24, 2.45) is 7.05 Å². The van der Waals surface area contributed by atoms with Crippen molar-refractivity contribution in [1.29, 1.82) is 0 Å². The van der Waals surface area contributed by atoms with Gasteiger partial charge in [-0.05, 0) is 43.9 Å². The fourth-order valence-corrected chi connectivity index (χ4v) is 2.61. The largest absolute Gasteiger partial charge is 0.390 e. The molecule has 90 valence electrons. The Morgan fingerprint density at radius 3 is 2.65 bits per heavy atom. The van der Waals surface area contributed by atoms with Crippen LogP contribution in [-0.4, -0.2) is 15.3 Å². The van der Waals surface area contributed by atoms with Crippen LogP contribution < -0.4 is 0 Å². The van der Waals surface area contributed by atoms with Crippen LogP contribution in [0.1, 0.15) is 29.7 Å². The molecule has 2 nitrogen and oxygen atoms in total. The van der Waals surface area contributed by atoms with Gasteiger partial charge in [-0.15, -0.1) is 0 Å². The van der Waals surface area contributed by atoms with Crippen LogP contribution in [0.15, 0.2) is 18.2 Å². The van der Waals surface area contributed by atoms with Gasteiger partial charge in [0.05, 0.1) is 5.60 Å². The van der Waals surface area contributed by atoms with Gasteiger partial charge in [0.1, 0.15) is 0 Å². The number of nitrogens with zero attached hydrogens (tertiary/aromatic N) is 1. The highest BCUT2D eigenvalue weighted by Crippen LogP contribution is 2.38. The number of hydrogen-bond donors (Lipinski definition) is 1. The van der Waals surface area contributed by atoms with E-state index in [4.69, 9.17) is 0 Å². The molecule has 1 aromatic carbocycles. The minimum Gasteiger partial charge on any atom is -0.390 e. The molecule has 2 heteroatoms. The third-order valence-corrected chi connectivity index (χ3v) is 4.23. The van der Waals surface area contributed by atoms with Gasteiger partial charge in [0.15, 0.2) is 0 Å². The van der Waals surface area contributed by atoms with Crippen LogP contribution in [0.25, 0.3) is 10.9 Å². The molecular weight excluding hydrogens is 210 g/mol. The molecule has 1 saturated carbocycles. The summed E-state index contributed by atoms with van der Waals surface area (Å²) in [6.45, 7) is 4.33. The molecule has 1 fully saturated rings. The Morgan fingerprint density at radius 2 is 2.00 bits per heavy atom. The van der Waals surface area contributed by atoms with Crippen LogP contribution in [0.3, 0.4) is 0 Å². The van der Waals surface area contributed by atoms with Crippen molar-refractivity contribution >= 4 is 10.9 Å². The van der Waals surface area contributed by atoms with Crippen molar-refractivity contribution < 1.29 is 5.11 Å². The predicted octanol–water partition coefficient (Wildman–Crippen LogP) is 2.86. The SMILES string of the molecule is Cc1c(C)n(C)c2cc(CC3(O)CC3)ccc12. The van der Waals surface area contributed by atoms with E-state index in [1.165, 1.54) is 27.7 Å². The monoisotopic (exact) mass is 229 g/mol. The van der Waals surface area contributed by atoms with Gasteiger partial charge in [-0.1, -0.05) is 12.1 Å². The smallest absolute Gasteiger partial charge is 0.0690 e. The summed E-state index contributed by atoms with van der Waals surface area (Å²) in [5.74, 6) is 0. The molecule has 1 heterocycles. The Balaban J connectivity index is 2.09.